The van der Waals surface area contributed by atoms with Gasteiger partial charge >= 0.3 is 5.97 Å². The van der Waals surface area contributed by atoms with Gasteiger partial charge in [0.25, 0.3) is 0 Å². The Morgan fingerprint density at radius 1 is 0.750 bits per heavy atom. The van der Waals surface area contributed by atoms with E-state index in [9.17, 15) is 4.79 Å². The maximum atomic E-state index is 12.1. The van der Waals surface area contributed by atoms with Crippen molar-refractivity contribution in [3.05, 3.63) is 48.0 Å². The van der Waals surface area contributed by atoms with Crippen molar-refractivity contribution < 1.29 is 13.9 Å². The topological polar surface area (TPSA) is 52.3 Å². The molecule has 36 heavy (non-hydrogen) atoms. The molecule has 0 radical (unpaired) electrons. The Morgan fingerprint density at radius 3 is 2.03 bits per heavy atom. The van der Waals surface area contributed by atoms with Crippen molar-refractivity contribution in [2.75, 3.05) is 0 Å². The fraction of sp³-hybridized carbons (Fsp3) is 0.562. The van der Waals surface area contributed by atoms with E-state index in [1.54, 1.807) is 0 Å². The minimum absolute atomic E-state index is 0.163. The molecule has 196 valence electrons. The number of fused-ring (bicyclic) bond motifs is 1. The summed E-state index contributed by atoms with van der Waals surface area (Å²) in [5, 5.41) is 0. The molecular weight excluding hydrogens is 446 g/mol. The molecule has 0 saturated heterocycles. The third-order valence-corrected chi connectivity index (χ3v) is 6.84. The molecule has 3 aromatic rings. The smallest absolute Gasteiger partial charge is 0.311 e. The van der Waals surface area contributed by atoms with Gasteiger partial charge in [-0.1, -0.05) is 97.0 Å². The molecule has 2 aromatic carbocycles. The lowest BCUT2D eigenvalue weighted by molar-refractivity contribution is -0.134. The molecule has 1 aromatic heterocycles. The van der Waals surface area contributed by atoms with E-state index in [4.69, 9.17) is 14.1 Å². The van der Waals surface area contributed by atoms with Gasteiger partial charge in [-0.2, -0.15) is 0 Å². The van der Waals surface area contributed by atoms with E-state index in [-0.39, 0.29) is 5.97 Å². The van der Waals surface area contributed by atoms with E-state index >= 15 is 0 Å². The summed E-state index contributed by atoms with van der Waals surface area (Å²) < 4.78 is 11.5. The Labute approximate surface area is 217 Å². The first-order valence-corrected chi connectivity index (χ1v) is 14.4. The number of aryl methyl sites for hydroxylation is 1. The predicted octanol–water partition coefficient (Wildman–Crippen LogP) is 9.83. The molecular formula is C32H45NO3. The Hall–Kier alpha value is -2.62. The highest BCUT2D eigenvalue weighted by Gasteiger charge is 2.10. The third kappa shape index (κ3) is 9.79. The number of carbonyl (C=O) groups is 1. The summed E-state index contributed by atoms with van der Waals surface area (Å²) in [7, 11) is 0. The number of esters is 1. The molecule has 0 amide bonds. The van der Waals surface area contributed by atoms with Crippen LogP contribution in [0.3, 0.4) is 0 Å². The lowest BCUT2D eigenvalue weighted by Crippen LogP contribution is -2.07. The van der Waals surface area contributed by atoms with E-state index < -0.39 is 0 Å². The van der Waals surface area contributed by atoms with E-state index in [1.807, 2.05) is 30.3 Å². The van der Waals surface area contributed by atoms with E-state index in [2.05, 4.69) is 26.0 Å². The molecule has 0 atom stereocenters. The van der Waals surface area contributed by atoms with E-state index in [1.165, 1.54) is 82.6 Å². The summed E-state index contributed by atoms with van der Waals surface area (Å²) >= 11 is 0. The van der Waals surface area contributed by atoms with Gasteiger partial charge < -0.3 is 9.15 Å². The molecule has 0 saturated carbocycles. The van der Waals surface area contributed by atoms with Crippen molar-refractivity contribution in [1.82, 2.24) is 4.98 Å². The Morgan fingerprint density at radius 2 is 1.36 bits per heavy atom. The Balaban J connectivity index is 1.44. The van der Waals surface area contributed by atoms with Crippen LogP contribution < -0.4 is 4.74 Å². The minimum Gasteiger partial charge on any atom is -0.436 e. The second kappa shape index (κ2) is 16.2. The van der Waals surface area contributed by atoms with Gasteiger partial charge in [0.05, 0.1) is 0 Å². The minimum atomic E-state index is -0.163. The summed E-state index contributed by atoms with van der Waals surface area (Å²) in [6, 6.07) is 13.8. The largest absolute Gasteiger partial charge is 0.436 e. The highest BCUT2D eigenvalue weighted by molar-refractivity contribution is 5.77. The zero-order valence-electron chi connectivity index (χ0n) is 22.5. The van der Waals surface area contributed by atoms with Crippen LogP contribution in [0.25, 0.3) is 22.6 Å². The molecule has 0 aliphatic heterocycles. The van der Waals surface area contributed by atoms with E-state index in [0.717, 1.165) is 35.9 Å². The van der Waals surface area contributed by atoms with Crippen LogP contribution in [-0.4, -0.2) is 11.0 Å². The number of ether oxygens (including phenoxy) is 1. The lowest BCUT2D eigenvalue weighted by Gasteiger charge is -2.05. The van der Waals surface area contributed by atoms with Crippen LogP contribution in [0.4, 0.5) is 0 Å². The number of aromatic nitrogens is 1. The van der Waals surface area contributed by atoms with Crippen LogP contribution >= 0.6 is 0 Å². The van der Waals surface area contributed by atoms with Crippen LogP contribution in [-0.2, 0) is 11.2 Å². The molecule has 4 nitrogen and oxygen atoms in total. The van der Waals surface area contributed by atoms with Crippen LogP contribution in [0.1, 0.15) is 116 Å². The van der Waals surface area contributed by atoms with Crippen molar-refractivity contribution in [2.24, 2.45) is 0 Å². The van der Waals surface area contributed by atoms with Gasteiger partial charge in [-0.25, -0.2) is 4.98 Å². The first kappa shape index (κ1) is 28.0. The average Bonchev–Trinajstić information content (AvgIpc) is 3.31. The van der Waals surface area contributed by atoms with Gasteiger partial charge in [-0.15, -0.1) is 0 Å². The monoisotopic (exact) mass is 491 g/mol. The Kier molecular flexibility index (Phi) is 12.6. The molecule has 3 rings (SSSR count). The number of rotatable bonds is 18. The maximum absolute atomic E-state index is 12.1. The second-order valence-electron chi connectivity index (χ2n) is 10.1. The fourth-order valence-corrected chi connectivity index (χ4v) is 4.61. The number of hydrogen-bond acceptors (Lipinski definition) is 4. The SMILES string of the molecule is CCCCCCCCCCc1ccc2oc(-c3ccc(OC(=O)CCCCCCCC)cc3)nc2c1. The predicted molar refractivity (Wildman–Crippen MR) is 149 cm³/mol. The maximum Gasteiger partial charge on any atom is 0.311 e. The van der Waals surface area contributed by atoms with Crippen molar-refractivity contribution in [2.45, 2.75) is 117 Å². The molecule has 1 heterocycles. The van der Waals surface area contributed by atoms with Crippen molar-refractivity contribution in [1.29, 1.82) is 0 Å². The van der Waals surface area contributed by atoms with Gasteiger partial charge in [0.2, 0.25) is 5.89 Å². The van der Waals surface area contributed by atoms with Crippen LogP contribution in [0.2, 0.25) is 0 Å². The third-order valence-electron chi connectivity index (χ3n) is 6.84. The first-order chi connectivity index (χ1) is 17.7. The standard InChI is InChI=1S/C32H45NO3/c1-3-5-7-9-11-12-13-15-17-26-19-24-30-29(25-26)33-32(36-30)27-20-22-28(23-21-27)35-31(34)18-16-14-10-8-6-4-2/h19-25H,3-18H2,1-2H3. The number of oxazole rings is 1. The number of hydrogen-bond donors (Lipinski definition) is 0. The van der Waals surface area contributed by atoms with Crippen molar-refractivity contribution in [3.63, 3.8) is 0 Å². The number of nitrogens with zero attached hydrogens (tertiary/aromatic N) is 1. The summed E-state index contributed by atoms with van der Waals surface area (Å²) in [6.45, 7) is 4.48. The summed E-state index contributed by atoms with van der Waals surface area (Å²) in [5.41, 5.74) is 3.91. The van der Waals surface area contributed by atoms with Gasteiger partial charge in [-0.05, 0) is 61.2 Å². The first-order valence-electron chi connectivity index (χ1n) is 14.4. The normalized spacial score (nSPS) is 11.3. The molecule has 0 spiro atoms. The summed E-state index contributed by atoms with van der Waals surface area (Å²) in [4.78, 5) is 16.8. The zero-order valence-corrected chi connectivity index (χ0v) is 22.5. The Bertz CT molecular complexity index is 1020. The molecule has 0 unspecified atom stereocenters. The van der Waals surface area contributed by atoms with Gasteiger partial charge in [0.15, 0.2) is 5.58 Å². The highest BCUT2D eigenvalue weighted by Crippen LogP contribution is 2.27. The summed E-state index contributed by atoms with van der Waals surface area (Å²) in [6.07, 6.45) is 19.2. The molecule has 0 N–H and O–H groups in total. The average molecular weight is 492 g/mol. The van der Waals surface area contributed by atoms with Crippen molar-refractivity contribution in [3.8, 4) is 17.2 Å². The molecule has 0 aliphatic rings. The van der Waals surface area contributed by atoms with Gasteiger partial charge in [-0.3, -0.25) is 4.79 Å². The number of unbranched alkanes of at least 4 members (excludes halogenated alkanes) is 12. The van der Waals surface area contributed by atoms with Crippen LogP contribution in [0.15, 0.2) is 46.9 Å². The number of benzene rings is 2. The zero-order chi connectivity index (χ0) is 25.4. The molecule has 0 bridgehead atoms. The summed E-state index contributed by atoms with van der Waals surface area (Å²) in [5.74, 6) is 1.00. The molecule has 4 heteroatoms. The second-order valence-corrected chi connectivity index (χ2v) is 10.1. The lowest BCUT2D eigenvalue weighted by atomic mass is 10.0. The number of carbonyl (C=O) groups excluding carboxylic acids is 1. The highest BCUT2D eigenvalue weighted by atomic mass is 16.5. The van der Waals surface area contributed by atoms with Gasteiger partial charge in [0.1, 0.15) is 11.3 Å². The quantitative estimate of drug-likeness (QED) is 0.101. The van der Waals surface area contributed by atoms with Crippen LogP contribution in [0, 0.1) is 0 Å². The molecule has 0 fully saturated rings. The van der Waals surface area contributed by atoms with Crippen molar-refractivity contribution >= 4 is 17.1 Å². The van der Waals surface area contributed by atoms with Gasteiger partial charge in [0, 0.05) is 12.0 Å². The molecule has 0 aliphatic carbocycles. The van der Waals surface area contributed by atoms with Crippen LogP contribution in [0.5, 0.6) is 5.75 Å². The van der Waals surface area contributed by atoms with E-state index in [0.29, 0.717) is 18.1 Å². The fourth-order valence-electron chi connectivity index (χ4n) is 4.61.